The zero-order chi connectivity index (χ0) is 38.9. The molecule has 0 saturated carbocycles. The number of hydrogen-bond acceptors (Lipinski definition) is 2. The lowest BCUT2D eigenvalue weighted by molar-refractivity contribution is 0.669. The highest BCUT2D eigenvalue weighted by atomic mass is 16.3. The molecule has 0 fully saturated rings. The van der Waals surface area contributed by atoms with E-state index in [1.165, 1.54) is 54.5 Å². The van der Waals surface area contributed by atoms with Crippen LogP contribution in [0, 0.1) is 0 Å². The molecule has 10 aromatic carbocycles. The van der Waals surface area contributed by atoms with Gasteiger partial charge in [0.25, 0.3) is 0 Å². The van der Waals surface area contributed by atoms with Crippen LogP contribution in [-0.2, 0) is 0 Å². The molecule has 3 nitrogen and oxygen atoms in total. The molecule has 59 heavy (non-hydrogen) atoms. The van der Waals surface area contributed by atoms with E-state index in [1.807, 2.05) is 12.1 Å². The molecule has 0 saturated heterocycles. The molecule has 0 bridgehead atoms. The third-order valence-electron chi connectivity index (χ3n) is 11.9. The lowest BCUT2D eigenvalue weighted by Gasteiger charge is -2.27. The molecule has 12 rings (SSSR count). The van der Waals surface area contributed by atoms with E-state index in [1.54, 1.807) is 0 Å². The molecule has 0 aliphatic heterocycles. The Morgan fingerprint density at radius 1 is 0.322 bits per heavy atom. The predicted octanol–water partition coefficient (Wildman–Crippen LogP) is 15.8. The number of aromatic nitrogens is 1. The number of rotatable bonds is 6. The third kappa shape index (κ3) is 5.44. The number of fused-ring (bicyclic) bond motifs is 9. The predicted molar refractivity (Wildman–Crippen MR) is 249 cm³/mol. The van der Waals surface area contributed by atoms with E-state index in [4.69, 9.17) is 4.42 Å². The summed E-state index contributed by atoms with van der Waals surface area (Å²) in [6.45, 7) is 0. The third-order valence-corrected chi connectivity index (χ3v) is 11.9. The standard InChI is InChI=1S/C56H36N2O/c1-2-18-45-40(13-1)34-52(47-20-4-3-19-46(45)47)39-14-11-15-42(33-39)57(41-30-27-37(28-31-41)38-29-32-51-50-23-7-10-26-55(50)59-56(51)35-38)43-16-12-17-44(36-43)58-53-24-8-5-21-48(53)49-22-6-9-25-54(49)58/h1-36H. The minimum atomic E-state index is 0.898. The van der Waals surface area contributed by atoms with E-state index in [-0.39, 0.29) is 0 Å². The van der Waals surface area contributed by atoms with Gasteiger partial charge in [0.15, 0.2) is 0 Å². The molecule has 0 atom stereocenters. The summed E-state index contributed by atoms with van der Waals surface area (Å²) >= 11 is 0. The number of furan rings is 1. The van der Waals surface area contributed by atoms with E-state index in [2.05, 4.69) is 216 Å². The largest absolute Gasteiger partial charge is 0.456 e. The molecule has 2 heterocycles. The zero-order valence-electron chi connectivity index (χ0n) is 32.1. The quantitative estimate of drug-likeness (QED) is 0.158. The van der Waals surface area contributed by atoms with Gasteiger partial charge < -0.3 is 13.9 Å². The van der Waals surface area contributed by atoms with Gasteiger partial charge in [-0.25, -0.2) is 0 Å². The lowest BCUT2D eigenvalue weighted by Crippen LogP contribution is -2.10. The molecule has 12 aromatic rings. The van der Waals surface area contributed by atoms with Crippen LogP contribution in [0.3, 0.4) is 0 Å². The van der Waals surface area contributed by atoms with Gasteiger partial charge in [0.2, 0.25) is 0 Å². The number of benzene rings is 10. The molecular weight excluding hydrogens is 717 g/mol. The summed E-state index contributed by atoms with van der Waals surface area (Å²) in [4.78, 5) is 2.39. The van der Waals surface area contributed by atoms with Crippen molar-refractivity contribution >= 4 is 82.4 Å². The normalized spacial score (nSPS) is 11.7. The summed E-state index contributed by atoms with van der Waals surface area (Å²) < 4.78 is 8.67. The molecule has 0 spiro atoms. The van der Waals surface area contributed by atoms with Crippen LogP contribution in [0.2, 0.25) is 0 Å². The number of para-hydroxylation sites is 3. The van der Waals surface area contributed by atoms with E-state index >= 15 is 0 Å². The average Bonchev–Trinajstić information content (AvgIpc) is 3.85. The summed E-state index contributed by atoms with van der Waals surface area (Å²) in [5.74, 6) is 0. The fraction of sp³-hybridized carbons (Fsp3) is 0. The van der Waals surface area contributed by atoms with Crippen LogP contribution >= 0.6 is 0 Å². The maximum atomic E-state index is 6.28. The Morgan fingerprint density at radius 3 is 1.69 bits per heavy atom. The molecule has 276 valence electrons. The van der Waals surface area contributed by atoms with Crippen LogP contribution in [-0.4, -0.2) is 4.57 Å². The van der Waals surface area contributed by atoms with Gasteiger partial charge in [0.05, 0.1) is 11.0 Å². The molecule has 3 heteroatoms. The second-order valence-corrected chi connectivity index (χ2v) is 15.3. The fourth-order valence-electron chi connectivity index (χ4n) is 9.23. The summed E-state index contributed by atoms with van der Waals surface area (Å²) in [5, 5.41) is 9.78. The smallest absolute Gasteiger partial charge is 0.136 e. The SMILES string of the molecule is c1cc(-c2cc3ccccc3c3ccccc23)cc(N(c2ccc(-c3ccc4c(c3)oc3ccccc34)cc2)c2cccc(-n3c4ccccc4c4ccccc43)c2)c1. The van der Waals surface area contributed by atoms with Crippen LogP contribution in [0.1, 0.15) is 0 Å². The molecule has 2 aromatic heterocycles. The van der Waals surface area contributed by atoms with Crippen molar-refractivity contribution in [1.29, 1.82) is 0 Å². The van der Waals surface area contributed by atoms with E-state index in [9.17, 15) is 0 Å². The van der Waals surface area contributed by atoms with Gasteiger partial charge in [-0.05, 0) is 123 Å². The zero-order valence-corrected chi connectivity index (χ0v) is 32.1. The Hall–Kier alpha value is -7.88. The number of hydrogen-bond donors (Lipinski definition) is 0. The van der Waals surface area contributed by atoms with Crippen molar-refractivity contribution in [2.75, 3.05) is 4.90 Å². The van der Waals surface area contributed by atoms with E-state index < -0.39 is 0 Å². The Balaban J connectivity index is 1.02. The summed E-state index contributed by atoms with van der Waals surface area (Å²) in [5.41, 5.74) is 13.1. The lowest BCUT2D eigenvalue weighted by atomic mass is 9.93. The Labute approximate surface area is 341 Å². The van der Waals surface area contributed by atoms with Crippen LogP contribution in [0.4, 0.5) is 17.1 Å². The highest BCUT2D eigenvalue weighted by molar-refractivity contribution is 6.14. The highest BCUT2D eigenvalue weighted by Crippen LogP contribution is 2.42. The van der Waals surface area contributed by atoms with Gasteiger partial charge >= 0.3 is 0 Å². The van der Waals surface area contributed by atoms with Crippen molar-refractivity contribution < 1.29 is 4.42 Å². The second kappa shape index (κ2) is 13.4. The first-order valence-electron chi connectivity index (χ1n) is 20.2. The van der Waals surface area contributed by atoms with Gasteiger partial charge in [-0.1, -0.05) is 140 Å². The van der Waals surface area contributed by atoms with Crippen molar-refractivity contribution in [3.63, 3.8) is 0 Å². The average molecular weight is 753 g/mol. The Kier molecular flexibility index (Phi) is 7.54. The van der Waals surface area contributed by atoms with Gasteiger partial charge in [0, 0.05) is 44.3 Å². The minimum absolute atomic E-state index is 0.898. The Bertz CT molecular complexity index is 3520. The van der Waals surface area contributed by atoms with Gasteiger partial charge in [-0.3, -0.25) is 0 Å². The molecule has 0 unspecified atom stereocenters. The van der Waals surface area contributed by atoms with Crippen molar-refractivity contribution in [1.82, 2.24) is 4.57 Å². The highest BCUT2D eigenvalue weighted by Gasteiger charge is 2.18. The number of nitrogens with zero attached hydrogens (tertiary/aromatic N) is 2. The number of anilines is 3. The first-order chi connectivity index (χ1) is 29.2. The molecule has 0 N–H and O–H groups in total. The Morgan fingerprint density at radius 2 is 0.915 bits per heavy atom. The van der Waals surface area contributed by atoms with Gasteiger partial charge in [-0.2, -0.15) is 0 Å². The topological polar surface area (TPSA) is 21.3 Å². The summed E-state index contributed by atoms with van der Waals surface area (Å²) in [6, 6.07) is 78.9. The van der Waals surface area contributed by atoms with Crippen molar-refractivity contribution in [2.45, 2.75) is 0 Å². The van der Waals surface area contributed by atoms with Gasteiger partial charge in [0.1, 0.15) is 11.2 Å². The van der Waals surface area contributed by atoms with Crippen LogP contribution in [0.25, 0.3) is 93.2 Å². The van der Waals surface area contributed by atoms with Crippen molar-refractivity contribution in [2.24, 2.45) is 0 Å². The molecule has 0 radical (unpaired) electrons. The maximum absolute atomic E-state index is 6.28. The van der Waals surface area contributed by atoms with Crippen molar-refractivity contribution in [3.05, 3.63) is 218 Å². The second-order valence-electron chi connectivity index (χ2n) is 15.3. The van der Waals surface area contributed by atoms with Crippen LogP contribution in [0.5, 0.6) is 0 Å². The molecule has 0 aliphatic rings. The minimum Gasteiger partial charge on any atom is -0.456 e. The fourth-order valence-corrected chi connectivity index (χ4v) is 9.23. The molecular formula is C56H36N2O. The van der Waals surface area contributed by atoms with Crippen LogP contribution in [0.15, 0.2) is 223 Å². The molecule has 0 aliphatic carbocycles. The van der Waals surface area contributed by atoms with Gasteiger partial charge in [-0.15, -0.1) is 0 Å². The van der Waals surface area contributed by atoms with E-state index in [0.29, 0.717) is 0 Å². The van der Waals surface area contributed by atoms with Crippen molar-refractivity contribution in [3.8, 4) is 27.9 Å². The summed E-state index contributed by atoms with van der Waals surface area (Å²) in [6.07, 6.45) is 0. The van der Waals surface area contributed by atoms with Crippen LogP contribution < -0.4 is 4.90 Å². The maximum Gasteiger partial charge on any atom is 0.136 e. The first-order valence-corrected chi connectivity index (χ1v) is 20.2. The monoisotopic (exact) mass is 752 g/mol. The van der Waals surface area contributed by atoms with E-state index in [0.717, 1.165) is 55.8 Å². The first kappa shape index (κ1) is 33.3. The summed E-state index contributed by atoms with van der Waals surface area (Å²) in [7, 11) is 0. The molecule has 0 amide bonds.